The zero-order valence-corrected chi connectivity index (χ0v) is 11.7. The fraction of sp³-hybridized carbons (Fsp3) is 0.933. The number of hydrogen-bond acceptors (Lipinski definition) is 3. The van der Waals surface area contributed by atoms with E-state index in [1.165, 1.54) is 25.7 Å². The average Bonchev–Trinajstić information content (AvgIpc) is 3.01. The summed E-state index contributed by atoms with van der Waals surface area (Å²) in [6.07, 6.45) is 9.79. The van der Waals surface area contributed by atoms with E-state index in [4.69, 9.17) is 5.73 Å². The summed E-state index contributed by atoms with van der Waals surface area (Å²) in [4.78, 5) is 2.61. The molecule has 0 heterocycles. The van der Waals surface area contributed by atoms with Gasteiger partial charge in [0.1, 0.15) is 5.54 Å². The number of hydrogen-bond donors (Lipinski definition) is 1. The molecule has 2 aliphatic rings. The van der Waals surface area contributed by atoms with Gasteiger partial charge in [-0.1, -0.05) is 26.2 Å². The Labute approximate surface area is 111 Å². The maximum absolute atomic E-state index is 9.24. The van der Waals surface area contributed by atoms with Crippen LogP contribution in [0.15, 0.2) is 0 Å². The first-order valence-corrected chi connectivity index (χ1v) is 7.64. The highest BCUT2D eigenvalue weighted by Gasteiger charge is 2.39. The highest BCUT2D eigenvalue weighted by atomic mass is 15.1. The van der Waals surface area contributed by atoms with Crippen LogP contribution in [0.4, 0.5) is 0 Å². The molecule has 2 atom stereocenters. The number of nitrogens with zero attached hydrogens (tertiary/aromatic N) is 2. The normalized spacial score (nSPS) is 33.1. The minimum atomic E-state index is -0.533. The fourth-order valence-electron chi connectivity index (χ4n) is 3.84. The van der Waals surface area contributed by atoms with Crippen molar-refractivity contribution in [2.45, 2.75) is 69.9 Å². The SMILES string of the molecule is CCN(CCC1CCCC1(N)C#N)C1CCCC1. The van der Waals surface area contributed by atoms with Crippen molar-refractivity contribution in [2.75, 3.05) is 13.1 Å². The van der Waals surface area contributed by atoms with Gasteiger partial charge in [-0.3, -0.25) is 0 Å². The van der Waals surface area contributed by atoms with Crippen LogP contribution in [0, 0.1) is 17.2 Å². The zero-order valence-electron chi connectivity index (χ0n) is 11.7. The van der Waals surface area contributed by atoms with E-state index in [-0.39, 0.29) is 0 Å². The predicted octanol–water partition coefficient (Wildman–Crippen LogP) is 2.66. The van der Waals surface area contributed by atoms with Crippen molar-refractivity contribution < 1.29 is 0 Å². The maximum atomic E-state index is 9.24. The lowest BCUT2D eigenvalue weighted by Gasteiger charge is -2.31. The fourth-order valence-corrected chi connectivity index (χ4v) is 3.84. The van der Waals surface area contributed by atoms with E-state index in [0.717, 1.165) is 44.8 Å². The molecule has 0 spiro atoms. The second-order valence-corrected chi connectivity index (χ2v) is 6.10. The molecule has 0 aromatic carbocycles. The lowest BCUT2D eigenvalue weighted by molar-refractivity contribution is 0.186. The Balaban J connectivity index is 1.84. The molecule has 0 aliphatic heterocycles. The third-order valence-electron chi connectivity index (χ3n) is 5.09. The topological polar surface area (TPSA) is 53.0 Å². The summed E-state index contributed by atoms with van der Waals surface area (Å²) in [5, 5.41) is 9.24. The molecule has 3 heteroatoms. The van der Waals surface area contributed by atoms with Gasteiger partial charge in [0, 0.05) is 6.04 Å². The summed E-state index contributed by atoms with van der Waals surface area (Å²) < 4.78 is 0. The Morgan fingerprint density at radius 1 is 1.28 bits per heavy atom. The lowest BCUT2D eigenvalue weighted by Crippen LogP contribution is -2.44. The summed E-state index contributed by atoms with van der Waals surface area (Å²) >= 11 is 0. The van der Waals surface area contributed by atoms with Gasteiger partial charge in [-0.05, 0) is 51.1 Å². The highest BCUT2D eigenvalue weighted by Crippen LogP contribution is 2.36. The zero-order chi connectivity index (χ0) is 13.0. The van der Waals surface area contributed by atoms with Crippen LogP contribution >= 0.6 is 0 Å². The van der Waals surface area contributed by atoms with Gasteiger partial charge in [-0.15, -0.1) is 0 Å². The highest BCUT2D eigenvalue weighted by molar-refractivity contribution is 5.12. The van der Waals surface area contributed by atoms with E-state index in [1.54, 1.807) is 0 Å². The molecular weight excluding hydrogens is 222 g/mol. The molecule has 2 aliphatic carbocycles. The van der Waals surface area contributed by atoms with Crippen LogP contribution in [-0.4, -0.2) is 29.6 Å². The average molecular weight is 249 g/mol. The van der Waals surface area contributed by atoms with Crippen LogP contribution in [-0.2, 0) is 0 Å². The smallest absolute Gasteiger partial charge is 0.107 e. The molecular formula is C15H27N3. The number of rotatable bonds is 5. The van der Waals surface area contributed by atoms with Gasteiger partial charge in [0.15, 0.2) is 0 Å². The Morgan fingerprint density at radius 3 is 2.61 bits per heavy atom. The summed E-state index contributed by atoms with van der Waals surface area (Å²) in [5.41, 5.74) is 5.67. The first-order chi connectivity index (χ1) is 8.69. The van der Waals surface area contributed by atoms with E-state index in [0.29, 0.717) is 5.92 Å². The standard InChI is InChI=1S/C15H27N3/c1-2-18(14-7-3-4-8-14)11-9-13-6-5-10-15(13,17)12-16/h13-14H,2-11,17H2,1H3. The van der Waals surface area contributed by atoms with Crippen LogP contribution in [0.5, 0.6) is 0 Å². The molecule has 0 bridgehead atoms. The number of nitrogens with two attached hydrogens (primary N) is 1. The maximum Gasteiger partial charge on any atom is 0.107 e. The Kier molecular flexibility index (Phi) is 4.64. The third-order valence-corrected chi connectivity index (χ3v) is 5.09. The molecule has 0 aromatic heterocycles. The van der Waals surface area contributed by atoms with Crippen LogP contribution in [0.3, 0.4) is 0 Å². The van der Waals surface area contributed by atoms with Crippen molar-refractivity contribution in [3.63, 3.8) is 0 Å². The summed E-state index contributed by atoms with van der Waals surface area (Å²) in [6, 6.07) is 3.16. The molecule has 0 aromatic rings. The second-order valence-electron chi connectivity index (χ2n) is 6.10. The van der Waals surface area contributed by atoms with Gasteiger partial charge >= 0.3 is 0 Å². The molecule has 0 saturated heterocycles. The minimum absolute atomic E-state index is 0.415. The van der Waals surface area contributed by atoms with E-state index in [9.17, 15) is 5.26 Å². The first-order valence-electron chi connectivity index (χ1n) is 7.64. The van der Waals surface area contributed by atoms with Crippen LogP contribution in [0.1, 0.15) is 58.3 Å². The molecule has 2 saturated carbocycles. The first kappa shape index (κ1) is 13.8. The molecule has 2 rings (SSSR count). The van der Waals surface area contributed by atoms with Gasteiger partial charge in [-0.25, -0.2) is 0 Å². The van der Waals surface area contributed by atoms with Gasteiger partial charge in [0.05, 0.1) is 6.07 Å². The molecule has 2 unspecified atom stereocenters. The van der Waals surface area contributed by atoms with E-state index in [2.05, 4.69) is 17.9 Å². The van der Waals surface area contributed by atoms with Crippen molar-refractivity contribution in [3.8, 4) is 6.07 Å². The molecule has 102 valence electrons. The Morgan fingerprint density at radius 2 is 2.00 bits per heavy atom. The minimum Gasteiger partial charge on any atom is -0.313 e. The second kappa shape index (κ2) is 6.04. The quantitative estimate of drug-likeness (QED) is 0.815. The van der Waals surface area contributed by atoms with Crippen molar-refractivity contribution >= 4 is 0 Å². The van der Waals surface area contributed by atoms with Crippen molar-refractivity contribution in [3.05, 3.63) is 0 Å². The van der Waals surface area contributed by atoms with Crippen molar-refractivity contribution in [1.29, 1.82) is 5.26 Å². The number of nitriles is 1. The van der Waals surface area contributed by atoms with E-state index in [1.807, 2.05) is 0 Å². The van der Waals surface area contributed by atoms with E-state index < -0.39 is 5.54 Å². The third kappa shape index (κ3) is 2.87. The lowest BCUT2D eigenvalue weighted by atomic mass is 9.87. The molecule has 0 amide bonds. The molecule has 2 N–H and O–H groups in total. The van der Waals surface area contributed by atoms with Crippen LogP contribution < -0.4 is 5.73 Å². The Bertz CT molecular complexity index is 303. The van der Waals surface area contributed by atoms with Crippen LogP contribution in [0.25, 0.3) is 0 Å². The summed E-state index contributed by atoms with van der Waals surface area (Å²) in [7, 11) is 0. The van der Waals surface area contributed by atoms with Gasteiger partial charge in [0.2, 0.25) is 0 Å². The summed E-state index contributed by atoms with van der Waals surface area (Å²) in [6.45, 7) is 4.53. The molecule has 0 radical (unpaired) electrons. The molecule has 2 fully saturated rings. The van der Waals surface area contributed by atoms with Gasteiger partial charge < -0.3 is 10.6 Å². The van der Waals surface area contributed by atoms with Gasteiger partial charge in [-0.2, -0.15) is 5.26 Å². The van der Waals surface area contributed by atoms with E-state index >= 15 is 0 Å². The largest absolute Gasteiger partial charge is 0.313 e. The predicted molar refractivity (Wildman–Crippen MR) is 74.0 cm³/mol. The monoisotopic (exact) mass is 249 g/mol. The van der Waals surface area contributed by atoms with Crippen molar-refractivity contribution in [1.82, 2.24) is 4.90 Å². The molecule has 18 heavy (non-hydrogen) atoms. The van der Waals surface area contributed by atoms with Crippen molar-refractivity contribution in [2.24, 2.45) is 11.7 Å². The molecule has 3 nitrogen and oxygen atoms in total. The van der Waals surface area contributed by atoms with Crippen LogP contribution in [0.2, 0.25) is 0 Å². The Hall–Kier alpha value is -0.590. The van der Waals surface area contributed by atoms with Gasteiger partial charge in [0.25, 0.3) is 0 Å². The summed E-state index contributed by atoms with van der Waals surface area (Å²) in [5.74, 6) is 0.415.